The highest BCUT2D eigenvalue weighted by molar-refractivity contribution is 7.91. The molecule has 0 saturated heterocycles. The molecule has 1 aliphatic rings. The fraction of sp³-hybridized carbons (Fsp3) is 0.615. The minimum Gasteiger partial charge on any atom is -0.469 e. The molecular weight excluding hydrogens is 280 g/mol. The van der Waals surface area contributed by atoms with Crippen molar-refractivity contribution in [1.82, 2.24) is 9.97 Å². The van der Waals surface area contributed by atoms with Crippen LogP contribution in [0.5, 0.6) is 0 Å². The van der Waals surface area contributed by atoms with Crippen LogP contribution < -0.4 is 0 Å². The molecule has 6 nitrogen and oxygen atoms in total. The number of sulfone groups is 1. The Bertz CT molecular complexity index is 596. The van der Waals surface area contributed by atoms with Crippen LogP contribution >= 0.6 is 0 Å². The topological polar surface area (TPSA) is 86.2 Å². The van der Waals surface area contributed by atoms with Gasteiger partial charge in [-0.05, 0) is 19.3 Å². The lowest BCUT2D eigenvalue weighted by molar-refractivity contribution is -0.142. The van der Waals surface area contributed by atoms with Gasteiger partial charge in [0.1, 0.15) is 5.92 Å². The van der Waals surface area contributed by atoms with Crippen molar-refractivity contribution in [2.75, 3.05) is 7.11 Å². The maximum absolute atomic E-state index is 11.9. The van der Waals surface area contributed by atoms with Crippen molar-refractivity contribution in [3.63, 3.8) is 0 Å². The summed E-state index contributed by atoms with van der Waals surface area (Å²) in [5.74, 6) is -1.00. The van der Waals surface area contributed by atoms with E-state index < -0.39 is 15.8 Å². The molecule has 1 atom stereocenters. The van der Waals surface area contributed by atoms with Crippen molar-refractivity contribution in [2.45, 2.75) is 43.1 Å². The predicted molar refractivity (Wildman–Crippen MR) is 72.7 cm³/mol. The first kappa shape index (κ1) is 14.9. The van der Waals surface area contributed by atoms with Crippen LogP contribution in [0.25, 0.3) is 0 Å². The van der Waals surface area contributed by atoms with Gasteiger partial charge in [0.2, 0.25) is 0 Å². The minimum absolute atomic E-state index is 0.115. The molecule has 1 unspecified atom stereocenters. The lowest BCUT2D eigenvalue weighted by Crippen LogP contribution is -2.17. The van der Waals surface area contributed by atoms with Crippen LogP contribution in [0.1, 0.15) is 43.5 Å². The summed E-state index contributed by atoms with van der Waals surface area (Å²) in [5.41, 5.74) is 0.847. The fourth-order valence-electron chi connectivity index (χ4n) is 2.05. The summed E-state index contributed by atoms with van der Waals surface area (Å²) in [5, 5.41) is -0.226. The van der Waals surface area contributed by atoms with Gasteiger partial charge in [-0.15, -0.1) is 0 Å². The normalized spacial score (nSPS) is 16.7. The lowest BCUT2D eigenvalue weighted by Gasteiger charge is -2.12. The maximum Gasteiger partial charge on any atom is 0.314 e. The standard InChI is InChI=1S/C13H18N2O4S/c1-3-11(13(16)19-2)12-7-14-6-9(15-12)8-20(17,18)10-4-5-10/h6-7,10-11H,3-5,8H2,1-2H3. The highest BCUT2D eigenvalue weighted by Crippen LogP contribution is 2.30. The highest BCUT2D eigenvalue weighted by Gasteiger charge is 2.36. The van der Waals surface area contributed by atoms with Crippen LogP contribution in [0.4, 0.5) is 0 Å². The van der Waals surface area contributed by atoms with Gasteiger partial charge in [0, 0.05) is 12.4 Å². The third kappa shape index (κ3) is 3.33. The SMILES string of the molecule is CCC(C(=O)OC)c1cncc(CS(=O)(=O)C2CC2)n1. The van der Waals surface area contributed by atoms with E-state index in [-0.39, 0.29) is 17.0 Å². The summed E-state index contributed by atoms with van der Waals surface area (Å²) in [6, 6.07) is 0. The van der Waals surface area contributed by atoms with Crippen molar-refractivity contribution in [3.05, 3.63) is 23.8 Å². The first-order chi connectivity index (χ1) is 9.47. The lowest BCUT2D eigenvalue weighted by atomic mass is 10.0. The van der Waals surface area contributed by atoms with Gasteiger partial charge in [0.05, 0.1) is 29.5 Å². The highest BCUT2D eigenvalue weighted by atomic mass is 32.2. The van der Waals surface area contributed by atoms with E-state index in [1.54, 1.807) is 0 Å². The molecule has 0 radical (unpaired) electrons. The molecule has 1 heterocycles. The largest absolute Gasteiger partial charge is 0.469 e. The molecule has 0 aromatic carbocycles. The van der Waals surface area contributed by atoms with E-state index in [0.29, 0.717) is 17.8 Å². The van der Waals surface area contributed by atoms with Crippen LogP contribution in [-0.2, 0) is 25.1 Å². The molecule has 2 rings (SSSR count). The van der Waals surface area contributed by atoms with Gasteiger partial charge in [-0.2, -0.15) is 0 Å². The van der Waals surface area contributed by atoms with Gasteiger partial charge >= 0.3 is 5.97 Å². The van der Waals surface area contributed by atoms with Crippen LogP contribution in [0.2, 0.25) is 0 Å². The van der Waals surface area contributed by atoms with Crippen LogP contribution in [0.15, 0.2) is 12.4 Å². The van der Waals surface area contributed by atoms with Gasteiger partial charge in [-0.25, -0.2) is 8.42 Å². The second kappa shape index (κ2) is 5.87. The molecule has 1 aliphatic carbocycles. The van der Waals surface area contributed by atoms with E-state index in [1.807, 2.05) is 6.92 Å². The fourth-order valence-corrected chi connectivity index (χ4v) is 3.69. The molecule has 1 aromatic heterocycles. The van der Waals surface area contributed by atoms with E-state index in [2.05, 4.69) is 9.97 Å². The van der Waals surface area contributed by atoms with Crippen molar-refractivity contribution in [1.29, 1.82) is 0 Å². The van der Waals surface area contributed by atoms with E-state index >= 15 is 0 Å². The van der Waals surface area contributed by atoms with E-state index in [4.69, 9.17) is 4.74 Å². The third-order valence-electron chi connectivity index (χ3n) is 3.34. The Morgan fingerprint density at radius 1 is 1.45 bits per heavy atom. The van der Waals surface area contributed by atoms with Gasteiger partial charge in [0.25, 0.3) is 0 Å². The number of aromatic nitrogens is 2. The van der Waals surface area contributed by atoms with Crippen LogP contribution in [0, 0.1) is 0 Å². The van der Waals surface area contributed by atoms with E-state index in [9.17, 15) is 13.2 Å². The van der Waals surface area contributed by atoms with Gasteiger partial charge in [-0.3, -0.25) is 14.8 Å². The van der Waals surface area contributed by atoms with Gasteiger partial charge in [0.15, 0.2) is 9.84 Å². The van der Waals surface area contributed by atoms with E-state index in [0.717, 1.165) is 12.8 Å². The van der Waals surface area contributed by atoms with Crippen molar-refractivity contribution >= 4 is 15.8 Å². The van der Waals surface area contributed by atoms with Gasteiger partial charge < -0.3 is 4.74 Å². The molecule has 20 heavy (non-hydrogen) atoms. The monoisotopic (exact) mass is 298 g/mol. The minimum atomic E-state index is -3.13. The van der Waals surface area contributed by atoms with Crippen LogP contribution in [0.3, 0.4) is 0 Å². The second-order valence-corrected chi connectivity index (χ2v) is 7.21. The molecule has 1 aromatic rings. The zero-order valence-corrected chi connectivity index (χ0v) is 12.4. The Labute approximate surface area is 118 Å². The average Bonchev–Trinajstić information content (AvgIpc) is 3.24. The number of carbonyl (C=O) groups excluding carboxylic acids is 1. The number of carbonyl (C=O) groups is 1. The molecule has 0 N–H and O–H groups in total. The summed E-state index contributed by atoms with van der Waals surface area (Å²) in [6.07, 6.45) is 4.91. The molecule has 7 heteroatoms. The summed E-state index contributed by atoms with van der Waals surface area (Å²) in [4.78, 5) is 19.9. The summed E-state index contributed by atoms with van der Waals surface area (Å²) < 4.78 is 28.6. The Balaban J connectivity index is 2.21. The third-order valence-corrected chi connectivity index (χ3v) is 5.52. The molecule has 1 fully saturated rings. The number of nitrogens with zero attached hydrogens (tertiary/aromatic N) is 2. The van der Waals surface area contributed by atoms with Crippen LogP contribution in [-0.4, -0.2) is 36.7 Å². The number of hydrogen-bond acceptors (Lipinski definition) is 6. The molecular formula is C13H18N2O4S. The first-order valence-electron chi connectivity index (χ1n) is 6.58. The Hall–Kier alpha value is -1.50. The van der Waals surface area contributed by atoms with Gasteiger partial charge in [-0.1, -0.05) is 6.92 Å². The Morgan fingerprint density at radius 2 is 2.15 bits per heavy atom. The molecule has 0 spiro atoms. The van der Waals surface area contributed by atoms with E-state index in [1.165, 1.54) is 19.5 Å². The second-order valence-electron chi connectivity index (χ2n) is 4.93. The molecule has 110 valence electrons. The van der Waals surface area contributed by atoms with Crippen molar-refractivity contribution in [3.8, 4) is 0 Å². The zero-order valence-electron chi connectivity index (χ0n) is 11.6. The summed E-state index contributed by atoms with van der Waals surface area (Å²) >= 11 is 0. The molecule has 0 amide bonds. The smallest absolute Gasteiger partial charge is 0.314 e. The molecule has 0 bridgehead atoms. The molecule has 1 saturated carbocycles. The predicted octanol–water partition coefficient (Wildman–Crippen LogP) is 1.22. The Morgan fingerprint density at radius 3 is 2.70 bits per heavy atom. The summed E-state index contributed by atoms with van der Waals surface area (Å²) in [6.45, 7) is 1.84. The number of esters is 1. The Kier molecular flexibility index (Phi) is 4.37. The number of rotatable bonds is 6. The first-order valence-corrected chi connectivity index (χ1v) is 8.29. The van der Waals surface area contributed by atoms with Crippen molar-refractivity contribution in [2.24, 2.45) is 0 Å². The number of ether oxygens (including phenoxy) is 1. The quantitative estimate of drug-likeness (QED) is 0.734. The summed E-state index contributed by atoms with van der Waals surface area (Å²) in [7, 11) is -1.81. The number of hydrogen-bond donors (Lipinski definition) is 0. The zero-order chi connectivity index (χ0) is 14.8. The maximum atomic E-state index is 11.9. The molecule has 0 aliphatic heterocycles. The van der Waals surface area contributed by atoms with Crippen molar-refractivity contribution < 1.29 is 17.9 Å². The number of methoxy groups -OCH3 is 1. The average molecular weight is 298 g/mol.